The van der Waals surface area contributed by atoms with Crippen LogP contribution < -0.4 is 14.8 Å². The SMILES string of the molecule is C[C@H](NC(=O)COc1ccc(S(=O)(=O)Nc2ccc(Cl)cc2)cc1)c1cccc(Br)c1. The highest BCUT2D eigenvalue weighted by atomic mass is 79.9. The Morgan fingerprint density at radius 1 is 1.06 bits per heavy atom. The number of carbonyl (C=O) groups excluding carboxylic acids is 1. The van der Waals surface area contributed by atoms with E-state index in [-0.39, 0.29) is 23.5 Å². The Morgan fingerprint density at radius 2 is 1.74 bits per heavy atom. The molecule has 0 aromatic heterocycles. The van der Waals surface area contributed by atoms with Crippen molar-refractivity contribution in [1.82, 2.24) is 5.32 Å². The van der Waals surface area contributed by atoms with Crippen LogP contribution in [0.2, 0.25) is 5.02 Å². The van der Waals surface area contributed by atoms with Gasteiger partial charge in [0.1, 0.15) is 5.75 Å². The summed E-state index contributed by atoms with van der Waals surface area (Å²) in [6.45, 7) is 1.69. The highest BCUT2D eigenvalue weighted by molar-refractivity contribution is 9.10. The quantitative estimate of drug-likeness (QED) is 0.427. The molecule has 6 nitrogen and oxygen atoms in total. The van der Waals surface area contributed by atoms with Crippen molar-refractivity contribution < 1.29 is 17.9 Å². The van der Waals surface area contributed by atoms with E-state index in [2.05, 4.69) is 26.0 Å². The number of carbonyl (C=O) groups is 1. The van der Waals surface area contributed by atoms with Gasteiger partial charge in [0.2, 0.25) is 0 Å². The summed E-state index contributed by atoms with van der Waals surface area (Å²) in [6.07, 6.45) is 0. The van der Waals surface area contributed by atoms with E-state index in [0.717, 1.165) is 10.0 Å². The summed E-state index contributed by atoms with van der Waals surface area (Å²) < 4.78 is 33.9. The van der Waals surface area contributed by atoms with Crippen molar-refractivity contribution in [2.75, 3.05) is 11.3 Å². The molecule has 0 aliphatic rings. The van der Waals surface area contributed by atoms with E-state index in [1.54, 1.807) is 24.3 Å². The molecule has 31 heavy (non-hydrogen) atoms. The third-order valence-electron chi connectivity index (χ3n) is 4.33. The molecule has 3 aromatic rings. The first-order chi connectivity index (χ1) is 14.7. The number of ether oxygens (including phenoxy) is 1. The molecule has 9 heteroatoms. The average molecular weight is 524 g/mol. The molecule has 0 fully saturated rings. The molecule has 162 valence electrons. The third-order valence-corrected chi connectivity index (χ3v) is 6.47. The summed E-state index contributed by atoms with van der Waals surface area (Å²) in [4.78, 5) is 12.2. The molecule has 2 N–H and O–H groups in total. The van der Waals surface area contributed by atoms with Gasteiger partial charge in [0.25, 0.3) is 15.9 Å². The molecule has 0 saturated heterocycles. The number of sulfonamides is 1. The first-order valence-electron chi connectivity index (χ1n) is 9.29. The summed E-state index contributed by atoms with van der Waals surface area (Å²) >= 11 is 9.22. The molecule has 0 bridgehead atoms. The predicted octanol–water partition coefficient (Wildman–Crippen LogP) is 5.16. The summed E-state index contributed by atoms with van der Waals surface area (Å²) in [6, 6.07) is 19.7. The van der Waals surface area contributed by atoms with Crippen molar-refractivity contribution in [1.29, 1.82) is 0 Å². The van der Waals surface area contributed by atoms with E-state index in [9.17, 15) is 13.2 Å². The molecular formula is C22H20BrClN2O4S. The van der Waals surface area contributed by atoms with Crippen molar-refractivity contribution in [3.63, 3.8) is 0 Å². The number of amides is 1. The Bertz CT molecular complexity index is 1150. The number of benzene rings is 3. The second-order valence-electron chi connectivity index (χ2n) is 6.72. The van der Waals surface area contributed by atoms with Crippen LogP contribution in [0.15, 0.2) is 82.2 Å². The normalized spacial score (nSPS) is 12.1. The lowest BCUT2D eigenvalue weighted by molar-refractivity contribution is -0.123. The van der Waals surface area contributed by atoms with Crippen LogP contribution >= 0.6 is 27.5 Å². The summed E-state index contributed by atoms with van der Waals surface area (Å²) in [5, 5.41) is 3.37. The van der Waals surface area contributed by atoms with Crippen molar-refractivity contribution in [2.45, 2.75) is 17.9 Å². The molecule has 3 aromatic carbocycles. The lowest BCUT2D eigenvalue weighted by Gasteiger charge is -2.15. The van der Waals surface area contributed by atoms with E-state index < -0.39 is 10.0 Å². The van der Waals surface area contributed by atoms with Crippen molar-refractivity contribution in [3.05, 3.63) is 87.9 Å². The van der Waals surface area contributed by atoms with E-state index in [1.165, 1.54) is 24.3 Å². The van der Waals surface area contributed by atoms with Crippen LogP contribution in [0.4, 0.5) is 5.69 Å². The zero-order valence-electron chi connectivity index (χ0n) is 16.5. The molecule has 0 aliphatic carbocycles. The number of nitrogens with one attached hydrogen (secondary N) is 2. The molecule has 0 spiro atoms. The fourth-order valence-electron chi connectivity index (χ4n) is 2.74. The van der Waals surface area contributed by atoms with Gasteiger partial charge in [-0.2, -0.15) is 0 Å². The molecule has 0 aliphatic heterocycles. The van der Waals surface area contributed by atoms with E-state index in [4.69, 9.17) is 16.3 Å². The maximum atomic E-state index is 12.5. The molecular weight excluding hydrogens is 504 g/mol. The molecule has 0 radical (unpaired) electrons. The summed E-state index contributed by atoms with van der Waals surface area (Å²) in [5.41, 5.74) is 1.37. The lowest BCUT2D eigenvalue weighted by Crippen LogP contribution is -2.31. The van der Waals surface area contributed by atoms with E-state index in [1.807, 2.05) is 31.2 Å². The van der Waals surface area contributed by atoms with Crippen LogP contribution in [0, 0.1) is 0 Å². The largest absolute Gasteiger partial charge is 0.484 e. The Morgan fingerprint density at radius 3 is 2.39 bits per heavy atom. The maximum absolute atomic E-state index is 12.5. The second-order valence-corrected chi connectivity index (χ2v) is 9.75. The summed E-state index contributed by atoms with van der Waals surface area (Å²) in [5.74, 6) is 0.101. The first-order valence-corrected chi connectivity index (χ1v) is 11.9. The van der Waals surface area contributed by atoms with Crippen LogP contribution in [-0.4, -0.2) is 20.9 Å². The van der Waals surface area contributed by atoms with Gasteiger partial charge in [-0.3, -0.25) is 9.52 Å². The van der Waals surface area contributed by atoms with Crippen LogP contribution in [0.25, 0.3) is 0 Å². The van der Waals surface area contributed by atoms with Gasteiger partial charge in [0.05, 0.1) is 10.9 Å². The smallest absolute Gasteiger partial charge is 0.261 e. The monoisotopic (exact) mass is 522 g/mol. The van der Waals surface area contributed by atoms with E-state index >= 15 is 0 Å². The van der Waals surface area contributed by atoms with Gasteiger partial charge in [-0.05, 0) is 73.2 Å². The van der Waals surface area contributed by atoms with Crippen LogP contribution in [0.1, 0.15) is 18.5 Å². The number of hydrogen-bond acceptors (Lipinski definition) is 4. The molecule has 3 rings (SSSR count). The van der Waals surface area contributed by atoms with Gasteiger partial charge in [-0.1, -0.05) is 39.7 Å². The molecule has 0 heterocycles. The fraction of sp³-hybridized carbons (Fsp3) is 0.136. The van der Waals surface area contributed by atoms with E-state index in [0.29, 0.717) is 16.5 Å². The number of anilines is 1. The highest BCUT2D eigenvalue weighted by Crippen LogP contribution is 2.21. The van der Waals surface area contributed by atoms with Gasteiger partial charge >= 0.3 is 0 Å². The average Bonchev–Trinajstić information content (AvgIpc) is 2.74. The Labute approximate surface area is 194 Å². The number of rotatable bonds is 8. The van der Waals surface area contributed by atoms with Gasteiger partial charge in [0.15, 0.2) is 6.61 Å². The second kappa shape index (κ2) is 10.2. The minimum atomic E-state index is -3.76. The van der Waals surface area contributed by atoms with Gasteiger partial charge in [-0.25, -0.2) is 8.42 Å². The third kappa shape index (κ3) is 6.72. The maximum Gasteiger partial charge on any atom is 0.261 e. The first kappa shape index (κ1) is 23.1. The summed E-state index contributed by atoms with van der Waals surface area (Å²) in [7, 11) is -3.76. The Kier molecular flexibility index (Phi) is 7.59. The number of hydrogen-bond donors (Lipinski definition) is 2. The van der Waals surface area contributed by atoms with Crippen molar-refractivity contribution >= 4 is 49.1 Å². The standard InChI is InChI=1S/C22H20BrClN2O4S/c1-15(16-3-2-4-17(23)13-16)25-22(27)14-30-20-9-11-21(12-10-20)31(28,29)26-19-7-5-18(24)6-8-19/h2-13,15,26H,14H2,1H3,(H,25,27)/t15-/m0/s1. The molecule has 0 saturated carbocycles. The zero-order valence-corrected chi connectivity index (χ0v) is 19.7. The zero-order chi connectivity index (χ0) is 22.4. The highest BCUT2D eigenvalue weighted by Gasteiger charge is 2.15. The van der Waals surface area contributed by atoms with Gasteiger partial charge in [0, 0.05) is 15.2 Å². The van der Waals surface area contributed by atoms with Crippen LogP contribution in [0.3, 0.4) is 0 Å². The Balaban J connectivity index is 1.55. The topological polar surface area (TPSA) is 84.5 Å². The molecule has 0 unspecified atom stereocenters. The molecule has 1 amide bonds. The van der Waals surface area contributed by atoms with Gasteiger partial charge in [-0.15, -0.1) is 0 Å². The minimum Gasteiger partial charge on any atom is -0.484 e. The molecule has 1 atom stereocenters. The fourth-order valence-corrected chi connectivity index (χ4v) is 4.34. The van der Waals surface area contributed by atoms with Crippen molar-refractivity contribution in [2.24, 2.45) is 0 Å². The minimum absolute atomic E-state index is 0.0718. The predicted molar refractivity (Wildman–Crippen MR) is 125 cm³/mol. The van der Waals surface area contributed by atoms with Crippen LogP contribution in [-0.2, 0) is 14.8 Å². The number of halogens is 2. The van der Waals surface area contributed by atoms with Crippen LogP contribution in [0.5, 0.6) is 5.75 Å². The van der Waals surface area contributed by atoms with Crippen molar-refractivity contribution in [3.8, 4) is 5.75 Å². The Hall–Kier alpha value is -2.55. The van der Waals surface area contributed by atoms with Gasteiger partial charge < -0.3 is 10.1 Å². The lowest BCUT2D eigenvalue weighted by atomic mass is 10.1.